The number of hydrogen-bond donors (Lipinski definition) is 1. The molecule has 0 unspecified atom stereocenters. The monoisotopic (exact) mass is 338 g/mol. The highest BCUT2D eigenvalue weighted by Gasteiger charge is 2.17. The molecule has 0 aliphatic heterocycles. The fourth-order valence-corrected chi connectivity index (χ4v) is 3.24. The summed E-state index contributed by atoms with van der Waals surface area (Å²) < 4.78 is 0.837. The van der Waals surface area contributed by atoms with Gasteiger partial charge < -0.3 is 5.11 Å². The number of pyridine rings is 2. The molecule has 0 atom stereocenters. The molecule has 0 saturated carbocycles. The number of carboxylic acid groups (broad SMARTS) is 1. The summed E-state index contributed by atoms with van der Waals surface area (Å²) in [6.07, 6.45) is 1.68. The van der Waals surface area contributed by atoms with E-state index in [0.717, 1.165) is 15.2 Å². The molecule has 2 rings (SSSR count). The first-order valence-electron chi connectivity index (χ1n) is 5.49. The summed E-state index contributed by atoms with van der Waals surface area (Å²) in [6.45, 7) is 3.55. The SMILES string of the molecule is Cc1cc(Sc2ncccc2Br)c(C(=O)O)c(C)n1. The van der Waals surface area contributed by atoms with Crippen molar-refractivity contribution in [1.82, 2.24) is 9.97 Å². The maximum absolute atomic E-state index is 11.3. The van der Waals surface area contributed by atoms with Gasteiger partial charge in [0.2, 0.25) is 0 Å². The molecule has 0 radical (unpaired) electrons. The van der Waals surface area contributed by atoms with E-state index >= 15 is 0 Å². The maximum atomic E-state index is 11.3. The Balaban J connectivity index is 2.51. The average Bonchev–Trinajstić information content (AvgIpc) is 2.30. The van der Waals surface area contributed by atoms with Crippen LogP contribution in [0.25, 0.3) is 0 Å². The maximum Gasteiger partial charge on any atom is 0.338 e. The Hall–Kier alpha value is -1.40. The van der Waals surface area contributed by atoms with Gasteiger partial charge in [0.25, 0.3) is 0 Å². The van der Waals surface area contributed by atoms with Crippen LogP contribution in [0.2, 0.25) is 0 Å². The minimum atomic E-state index is -0.973. The van der Waals surface area contributed by atoms with Gasteiger partial charge in [-0.25, -0.2) is 9.78 Å². The fourth-order valence-electron chi connectivity index (χ4n) is 1.68. The van der Waals surface area contributed by atoms with Gasteiger partial charge in [0.1, 0.15) is 5.03 Å². The van der Waals surface area contributed by atoms with Gasteiger partial charge in [-0.3, -0.25) is 4.98 Å². The third-order valence-electron chi connectivity index (χ3n) is 2.44. The molecule has 0 saturated heterocycles. The van der Waals surface area contributed by atoms with Gasteiger partial charge >= 0.3 is 5.97 Å². The van der Waals surface area contributed by atoms with Gasteiger partial charge in [0.05, 0.1) is 15.7 Å². The van der Waals surface area contributed by atoms with Crippen LogP contribution in [0.4, 0.5) is 0 Å². The summed E-state index contributed by atoms with van der Waals surface area (Å²) in [5.41, 5.74) is 1.53. The molecule has 0 amide bonds. The largest absolute Gasteiger partial charge is 0.478 e. The van der Waals surface area contributed by atoms with Crippen LogP contribution in [-0.4, -0.2) is 21.0 Å². The lowest BCUT2D eigenvalue weighted by Gasteiger charge is -2.09. The minimum Gasteiger partial charge on any atom is -0.478 e. The molecule has 4 nitrogen and oxygen atoms in total. The molecule has 2 aromatic heterocycles. The Kier molecular flexibility index (Phi) is 4.21. The molecule has 0 spiro atoms. The molecule has 0 aliphatic rings. The fraction of sp³-hybridized carbons (Fsp3) is 0.154. The number of halogens is 1. The number of aromatic nitrogens is 2. The van der Waals surface area contributed by atoms with Crippen molar-refractivity contribution in [3.63, 3.8) is 0 Å². The van der Waals surface area contributed by atoms with E-state index < -0.39 is 5.97 Å². The van der Waals surface area contributed by atoms with Gasteiger partial charge in [-0.1, -0.05) is 11.8 Å². The summed E-state index contributed by atoms with van der Waals surface area (Å²) in [7, 11) is 0. The van der Waals surface area contributed by atoms with E-state index in [4.69, 9.17) is 0 Å². The second kappa shape index (κ2) is 5.71. The van der Waals surface area contributed by atoms with E-state index in [-0.39, 0.29) is 5.56 Å². The first-order valence-corrected chi connectivity index (χ1v) is 7.10. The highest BCUT2D eigenvalue weighted by molar-refractivity contribution is 9.10. The van der Waals surface area contributed by atoms with Gasteiger partial charge in [-0.2, -0.15) is 0 Å². The van der Waals surface area contributed by atoms with Crippen LogP contribution in [0, 0.1) is 13.8 Å². The number of aromatic carboxylic acids is 1. The number of carboxylic acids is 1. The lowest BCUT2D eigenvalue weighted by molar-refractivity contribution is 0.0691. The van der Waals surface area contributed by atoms with Crippen LogP contribution >= 0.6 is 27.7 Å². The second-order valence-corrected chi connectivity index (χ2v) is 5.80. The highest BCUT2D eigenvalue weighted by Crippen LogP contribution is 2.34. The molecular formula is C13H11BrN2O2S. The van der Waals surface area contributed by atoms with Crippen molar-refractivity contribution in [3.8, 4) is 0 Å². The molecule has 6 heteroatoms. The van der Waals surface area contributed by atoms with E-state index in [1.807, 2.05) is 19.1 Å². The molecule has 0 aliphatic carbocycles. The first-order chi connectivity index (χ1) is 8.99. The molecule has 2 aromatic rings. The third kappa shape index (κ3) is 3.13. The normalized spacial score (nSPS) is 10.5. The van der Waals surface area contributed by atoms with Crippen molar-refractivity contribution >= 4 is 33.7 Å². The van der Waals surface area contributed by atoms with Crippen LogP contribution in [0.1, 0.15) is 21.7 Å². The summed E-state index contributed by atoms with van der Waals surface area (Å²) >= 11 is 4.72. The van der Waals surface area contributed by atoms with E-state index in [0.29, 0.717) is 10.6 Å². The number of rotatable bonds is 3. The van der Waals surface area contributed by atoms with Crippen molar-refractivity contribution in [2.45, 2.75) is 23.8 Å². The first kappa shape index (κ1) is 14.0. The molecule has 0 aromatic carbocycles. The van der Waals surface area contributed by atoms with Gasteiger partial charge in [0, 0.05) is 16.8 Å². The van der Waals surface area contributed by atoms with Crippen molar-refractivity contribution in [3.05, 3.63) is 45.8 Å². The van der Waals surface area contributed by atoms with E-state index in [1.54, 1.807) is 19.2 Å². The summed E-state index contributed by atoms with van der Waals surface area (Å²) in [5.74, 6) is -0.973. The van der Waals surface area contributed by atoms with Gasteiger partial charge in [-0.15, -0.1) is 0 Å². The Morgan fingerprint density at radius 2 is 2.16 bits per heavy atom. The Morgan fingerprint density at radius 1 is 1.42 bits per heavy atom. The molecule has 19 heavy (non-hydrogen) atoms. The van der Waals surface area contributed by atoms with Crippen molar-refractivity contribution in [2.75, 3.05) is 0 Å². The summed E-state index contributed by atoms with van der Waals surface area (Å²) in [4.78, 5) is 20.4. The van der Waals surface area contributed by atoms with Crippen molar-refractivity contribution in [1.29, 1.82) is 0 Å². The van der Waals surface area contributed by atoms with Crippen LogP contribution in [-0.2, 0) is 0 Å². The molecule has 0 bridgehead atoms. The lowest BCUT2D eigenvalue weighted by Crippen LogP contribution is -2.05. The predicted molar refractivity (Wildman–Crippen MR) is 76.7 cm³/mol. The van der Waals surface area contributed by atoms with Gasteiger partial charge in [0.15, 0.2) is 0 Å². The van der Waals surface area contributed by atoms with Crippen molar-refractivity contribution < 1.29 is 9.90 Å². The zero-order valence-electron chi connectivity index (χ0n) is 10.3. The Labute approximate surface area is 123 Å². The molecule has 98 valence electrons. The summed E-state index contributed by atoms with van der Waals surface area (Å²) in [5, 5.41) is 10.0. The van der Waals surface area contributed by atoms with Gasteiger partial charge in [-0.05, 0) is 48.0 Å². The van der Waals surface area contributed by atoms with E-state index in [9.17, 15) is 9.90 Å². The molecule has 1 N–H and O–H groups in total. The number of carbonyl (C=O) groups is 1. The zero-order valence-corrected chi connectivity index (χ0v) is 12.7. The lowest BCUT2D eigenvalue weighted by atomic mass is 10.2. The second-order valence-electron chi connectivity index (χ2n) is 3.92. The average molecular weight is 339 g/mol. The standard InChI is InChI=1S/C13H11BrN2O2S/c1-7-6-10(11(13(17)18)8(2)16-7)19-12-9(14)4-3-5-15-12/h3-6H,1-2H3,(H,17,18). The molecular weight excluding hydrogens is 328 g/mol. The number of hydrogen-bond acceptors (Lipinski definition) is 4. The minimum absolute atomic E-state index is 0.230. The van der Waals surface area contributed by atoms with E-state index in [1.165, 1.54) is 11.8 Å². The topological polar surface area (TPSA) is 63.1 Å². The smallest absolute Gasteiger partial charge is 0.338 e. The predicted octanol–water partition coefficient (Wildman–Crippen LogP) is 3.71. The quantitative estimate of drug-likeness (QED) is 0.924. The van der Waals surface area contributed by atoms with E-state index in [2.05, 4.69) is 25.9 Å². The number of nitrogens with zero attached hydrogens (tertiary/aromatic N) is 2. The highest BCUT2D eigenvalue weighted by atomic mass is 79.9. The number of aryl methyl sites for hydroxylation is 2. The molecule has 2 heterocycles. The van der Waals surface area contributed by atoms with Crippen molar-refractivity contribution in [2.24, 2.45) is 0 Å². The Bertz CT molecular complexity index is 647. The summed E-state index contributed by atoms with van der Waals surface area (Å²) in [6, 6.07) is 5.45. The third-order valence-corrected chi connectivity index (χ3v) is 4.40. The zero-order chi connectivity index (χ0) is 14.0. The van der Waals surface area contributed by atoms with Crippen LogP contribution in [0.5, 0.6) is 0 Å². The van der Waals surface area contributed by atoms with Crippen LogP contribution in [0.3, 0.4) is 0 Å². The van der Waals surface area contributed by atoms with Crippen LogP contribution < -0.4 is 0 Å². The molecule has 0 fully saturated rings. The van der Waals surface area contributed by atoms with Crippen LogP contribution in [0.15, 0.2) is 38.8 Å². The Morgan fingerprint density at radius 3 is 2.79 bits per heavy atom.